The van der Waals surface area contributed by atoms with Crippen LogP contribution in [0, 0.1) is 6.92 Å². The second kappa shape index (κ2) is 5.37. The molecule has 3 aromatic rings. The number of nitrogens with zero attached hydrogens (tertiary/aromatic N) is 6. The monoisotopic (exact) mass is 269 g/mol. The molecule has 0 amide bonds. The van der Waals surface area contributed by atoms with Crippen molar-refractivity contribution in [2.75, 3.05) is 0 Å². The van der Waals surface area contributed by atoms with Gasteiger partial charge < -0.3 is 5.10 Å². The minimum Gasteiger partial charge on any atom is -0.330 e. The molecule has 8 heteroatoms. The Kier molecular flexibility index (Phi) is 2.96. The van der Waals surface area contributed by atoms with Gasteiger partial charge in [-0.2, -0.15) is 5.21 Å². The summed E-state index contributed by atoms with van der Waals surface area (Å²) in [6.07, 6.45) is 0.872. The molecule has 0 unspecified atom stereocenters. The summed E-state index contributed by atoms with van der Waals surface area (Å²) in [7, 11) is 0. The van der Waals surface area contributed by atoms with Gasteiger partial charge >= 0.3 is 51.4 Å². The van der Waals surface area contributed by atoms with Crippen molar-refractivity contribution >= 4 is 5.65 Å². The topological polar surface area (TPSA) is 87.1 Å². The molecule has 84 valence electrons. The molecular formula is C10H7KN6O. The molecule has 0 saturated heterocycles. The zero-order chi connectivity index (χ0) is 14.4. The van der Waals surface area contributed by atoms with Crippen LogP contribution in [-0.4, -0.2) is 24.9 Å². The van der Waals surface area contributed by atoms with Crippen molar-refractivity contribution in [3.05, 3.63) is 40.4 Å². The van der Waals surface area contributed by atoms with Crippen molar-refractivity contribution < 1.29 is 55.5 Å². The van der Waals surface area contributed by atoms with Crippen molar-refractivity contribution in [2.45, 2.75) is 6.92 Å². The van der Waals surface area contributed by atoms with Crippen LogP contribution in [-0.2, 0) is 0 Å². The number of hydrogen-bond acceptors (Lipinski definition) is 5. The number of fused-ring (bicyclic) bond motifs is 1. The molecule has 0 bridgehead atoms. The van der Waals surface area contributed by atoms with Gasteiger partial charge in [0.15, 0.2) is 0 Å². The molecule has 0 saturated carbocycles. The van der Waals surface area contributed by atoms with Crippen LogP contribution in [0.1, 0.15) is 9.68 Å². The van der Waals surface area contributed by atoms with Gasteiger partial charge in [-0.25, -0.2) is 4.98 Å². The molecule has 18 heavy (non-hydrogen) atoms. The Morgan fingerprint density at radius 1 is 1.50 bits per heavy atom. The quantitative estimate of drug-likeness (QED) is 0.433. The van der Waals surface area contributed by atoms with E-state index < -0.39 is 5.56 Å². The first-order valence-corrected chi connectivity index (χ1v) is 4.69. The molecule has 3 heterocycles. The Hall–Kier alpha value is -0.934. The smallest absolute Gasteiger partial charge is 0.330 e. The van der Waals surface area contributed by atoms with Crippen molar-refractivity contribution in [3.63, 3.8) is 0 Å². The number of tetrazole rings is 1. The Morgan fingerprint density at radius 2 is 2.33 bits per heavy atom. The van der Waals surface area contributed by atoms with E-state index in [9.17, 15) is 4.79 Å². The zero-order valence-corrected chi connectivity index (χ0v) is 12.8. The Labute approximate surface area is 148 Å². The first kappa shape index (κ1) is 9.93. The Morgan fingerprint density at radius 3 is 3.06 bits per heavy atom. The first-order chi connectivity index (χ1) is 9.50. The molecule has 0 aromatic carbocycles. The molecule has 0 aliphatic rings. The number of pyridine rings is 1. The normalized spacial score (nSPS) is 12.6. The molecule has 0 spiro atoms. The summed E-state index contributed by atoms with van der Waals surface area (Å²) in [4.78, 5) is 16.4. The van der Waals surface area contributed by atoms with E-state index in [-0.39, 0.29) is 86.7 Å². The van der Waals surface area contributed by atoms with Crippen LogP contribution < -0.4 is 62.0 Å². The van der Waals surface area contributed by atoms with Gasteiger partial charge in [0.2, 0.25) is 0 Å². The molecule has 0 atom stereocenters. The average molecular weight is 269 g/mol. The predicted molar refractivity (Wildman–Crippen MR) is 58.3 cm³/mol. The van der Waals surface area contributed by atoms with Crippen LogP contribution in [0.5, 0.6) is 0 Å². The first-order valence-electron chi connectivity index (χ1n) is 6.19. The predicted octanol–water partition coefficient (Wildman–Crippen LogP) is -3.18. The second-order valence-electron chi connectivity index (χ2n) is 3.32. The van der Waals surface area contributed by atoms with Crippen molar-refractivity contribution in [1.82, 2.24) is 30.0 Å². The van der Waals surface area contributed by atoms with Crippen LogP contribution in [0.2, 0.25) is 0 Å². The molecule has 0 aliphatic carbocycles. The van der Waals surface area contributed by atoms with Crippen molar-refractivity contribution in [2.24, 2.45) is 0 Å². The summed E-state index contributed by atoms with van der Waals surface area (Å²) < 4.78 is 24.3. The molecular weight excluding hydrogens is 259 g/mol. The number of rotatable bonds is 1. The van der Waals surface area contributed by atoms with E-state index in [1.807, 2.05) is 0 Å². The summed E-state index contributed by atoms with van der Waals surface area (Å²) in [6.45, 7) is 1.57. The minimum atomic E-state index is -0.591. The van der Waals surface area contributed by atoms with Gasteiger partial charge in [0.05, 0.1) is 9.68 Å². The fourth-order valence-corrected chi connectivity index (χ4v) is 1.46. The number of aromatic nitrogens is 6. The van der Waals surface area contributed by atoms with E-state index in [2.05, 4.69) is 25.6 Å². The van der Waals surface area contributed by atoms with Crippen LogP contribution in [0.3, 0.4) is 0 Å². The van der Waals surface area contributed by atoms with Gasteiger partial charge in [-0.1, -0.05) is 6.04 Å². The molecule has 0 fully saturated rings. The van der Waals surface area contributed by atoms with E-state index in [0.29, 0.717) is 5.56 Å². The van der Waals surface area contributed by atoms with Crippen LogP contribution in [0.4, 0.5) is 0 Å². The number of aryl methyl sites for hydroxylation is 1. The SMILES string of the molecule is [2H]c1cn2c(=O)c(-c3nnn[n-]3)c([2H])nc2c(C)c1[2H].[K+]. The number of hydrogen-bond donors (Lipinski definition) is 0. The van der Waals surface area contributed by atoms with Crippen molar-refractivity contribution in [3.8, 4) is 11.4 Å². The van der Waals surface area contributed by atoms with E-state index in [0.717, 1.165) is 4.40 Å². The van der Waals surface area contributed by atoms with Gasteiger partial charge in [-0.3, -0.25) is 19.5 Å². The second-order valence-corrected chi connectivity index (χ2v) is 3.32. The van der Waals surface area contributed by atoms with E-state index in [1.54, 1.807) is 6.92 Å². The summed E-state index contributed by atoms with van der Waals surface area (Å²) >= 11 is 0. The summed E-state index contributed by atoms with van der Waals surface area (Å²) in [5, 5.41) is 13.6. The summed E-state index contributed by atoms with van der Waals surface area (Å²) in [5.74, 6) is -0.0824. The third-order valence-corrected chi connectivity index (χ3v) is 2.27. The molecule has 0 radical (unpaired) electrons. The Balaban J connectivity index is 0.00000161. The molecule has 3 rings (SSSR count). The summed E-state index contributed by atoms with van der Waals surface area (Å²) in [6, 6.07) is -0.140. The minimum absolute atomic E-state index is 0. The maximum Gasteiger partial charge on any atom is 1.00 e. The van der Waals surface area contributed by atoms with Crippen LogP contribution in [0.25, 0.3) is 17.0 Å². The van der Waals surface area contributed by atoms with Gasteiger partial charge in [-0.15, -0.1) is 0 Å². The average Bonchev–Trinajstić information content (AvgIpc) is 2.92. The van der Waals surface area contributed by atoms with Gasteiger partial charge in [0, 0.05) is 18.2 Å². The molecule has 7 nitrogen and oxygen atoms in total. The largest absolute Gasteiger partial charge is 1.00 e. The van der Waals surface area contributed by atoms with E-state index >= 15 is 0 Å². The van der Waals surface area contributed by atoms with Crippen LogP contribution >= 0.6 is 0 Å². The van der Waals surface area contributed by atoms with Gasteiger partial charge in [-0.05, 0) is 18.5 Å². The van der Waals surface area contributed by atoms with E-state index in [1.165, 1.54) is 6.20 Å². The zero-order valence-electron chi connectivity index (χ0n) is 12.7. The molecule has 0 N–H and O–H groups in total. The van der Waals surface area contributed by atoms with E-state index in [4.69, 9.17) is 4.11 Å². The van der Waals surface area contributed by atoms with Gasteiger partial charge in [0.1, 0.15) is 5.65 Å². The standard InChI is InChI=1S/C10H7N6O.K/c1-6-3-2-4-16-9(6)11-5-7(10(16)17)8-12-14-15-13-8;/h2-5H,1H3;/q-1;+1/i2D,3D,5D;. The fourth-order valence-electron chi connectivity index (χ4n) is 1.46. The van der Waals surface area contributed by atoms with Crippen molar-refractivity contribution in [1.29, 1.82) is 0 Å². The summed E-state index contributed by atoms with van der Waals surface area (Å²) in [5.41, 5.74) is -0.207. The van der Waals surface area contributed by atoms with Crippen LogP contribution in [0.15, 0.2) is 29.2 Å². The maximum atomic E-state index is 12.4. The maximum absolute atomic E-state index is 12.4. The third-order valence-electron chi connectivity index (χ3n) is 2.27. The third kappa shape index (κ3) is 2.17. The fraction of sp³-hybridized carbons (Fsp3) is 0.100. The molecule has 3 aromatic heterocycles. The van der Waals surface area contributed by atoms with Gasteiger partial charge in [0.25, 0.3) is 5.56 Å². The molecule has 0 aliphatic heterocycles. The Bertz CT molecular complexity index is 879.